The Labute approximate surface area is 130 Å². The van der Waals surface area contributed by atoms with Crippen molar-refractivity contribution in [2.24, 2.45) is 0 Å². The summed E-state index contributed by atoms with van der Waals surface area (Å²) in [6.07, 6.45) is 1.34. The van der Waals surface area contributed by atoms with Crippen LogP contribution in [-0.2, 0) is 16.4 Å². The Bertz CT molecular complexity index is 810. The Morgan fingerprint density at radius 3 is 2.41 bits per heavy atom. The van der Waals surface area contributed by atoms with Crippen molar-refractivity contribution in [3.63, 3.8) is 0 Å². The Balaban J connectivity index is 2.04. The minimum Gasteiger partial charge on any atom is -0.268 e. The Hall–Kier alpha value is -2.14. The highest BCUT2D eigenvalue weighted by atomic mass is 32.2. The molecule has 0 atom stereocenters. The maximum absolute atomic E-state index is 12.8. The van der Waals surface area contributed by atoms with Crippen LogP contribution >= 0.6 is 0 Å². The fourth-order valence-electron chi connectivity index (χ4n) is 2.66. The van der Waals surface area contributed by atoms with Crippen LogP contribution in [0.2, 0.25) is 0 Å². The largest absolute Gasteiger partial charge is 0.268 e. The molecule has 2 aromatic carbocycles. The van der Waals surface area contributed by atoms with E-state index in [-0.39, 0.29) is 11.4 Å². The summed E-state index contributed by atoms with van der Waals surface area (Å²) in [7, 11) is -3.81. The lowest BCUT2D eigenvalue weighted by atomic mass is 10.0. The Kier molecular flexibility index (Phi) is 3.74. The highest BCUT2D eigenvalue weighted by Gasteiger charge is 2.32. The molecule has 22 heavy (non-hydrogen) atoms. The summed E-state index contributed by atoms with van der Waals surface area (Å²) in [5.41, 5.74) is 2.37. The first-order valence-electron chi connectivity index (χ1n) is 7.22. The van der Waals surface area contributed by atoms with Gasteiger partial charge in [-0.2, -0.15) is 0 Å². The molecular formula is C17H17NO3S. The minimum atomic E-state index is -3.81. The van der Waals surface area contributed by atoms with Crippen LogP contribution < -0.4 is 0 Å². The Morgan fingerprint density at radius 2 is 1.68 bits per heavy atom. The zero-order chi connectivity index (χ0) is 15.7. The monoisotopic (exact) mass is 315 g/mol. The molecule has 1 aliphatic heterocycles. The molecule has 0 saturated carbocycles. The number of amides is 1. The summed E-state index contributed by atoms with van der Waals surface area (Å²) >= 11 is 0. The molecule has 0 aliphatic carbocycles. The van der Waals surface area contributed by atoms with Gasteiger partial charge in [0.1, 0.15) is 0 Å². The first-order chi connectivity index (χ1) is 10.5. The van der Waals surface area contributed by atoms with Crippen molar-refractivity contribution in [2.75, 3.05) is 6.54 Å². The van der Waals surface area contributed by atoms with Crippen LogP contribution in [0.4, 0.5) is 0 Å². The molecule has 0 radical (unpaired) electrons. The van der Waals surface area contributed by atoms with Gasteiger partial charge in [0.05, 0.1) is 4.90 Å². The first kappa shape index (κ1) is 14.8. The fraction of sp³-hybridized carbons (Fsp3) is 0.235. The summed E-state index contributed by atoms with van der Waals surface area (Å²) in [5, 5.41) is 0. The average molecular weight is 315 g/mol. The van der Waals surface area contributed by atoms with E-state index >= 15 is 0 Å². The van der Waals surface area contributed by atoms with Crippen LogP contribution in [0.1, 0.15) is 27.9 Å². The van der Waals surface area contributed by atoms with Gasteiger partial charge in [0.25, 0.3) is 15.9 Å². The number of fused-ring (bicyclic) bond motifs is 1. The predicted octanol–water partition coefficient (Wildman–Crippen LogP) is 2.77. The number of hydrogen-bond acceptors (Lipinski definition) is 3. The molecule has 0 unspecified atom stereocenters. The molecule has 0 fully saturated rings. The van der Waals surface area contributed by atoms with E-state index in [1.807, 2.05) is 19.1 Å². The van der Waals surface area contributed by atoms with E-state index < -0.39 is 15.9 Å². The van der Waals surface area contributed by atoms with Gasteiger partial charge in [-0.05, 0) is 43.5 Å². The number of aryl methyl sites for hydroxylation is 2. The molecule has 2 aromatic rings. The maximum Gasteiger partial charge on any atom is 0.267 e. The van der Waals surface area contributed by atoms with Crippen molar-refractivity contribution in [3.05, 3.63) is 65.2 Å². The molecule has 1 heterocycles. The second-order valence-electron chi connectivity index (χ2n) is 5.46. The number of nitrogens with zero attached hydrogens (tertiary/aromatic N) is 1. The fourth-order valence-corrected chi connectivity index (χ4v) is 4.08. The minimum absolute atomic E-state index is 0.158. The molecule has 114 valence electrons. The molecule has 0 spiro atoms. The number of benzene rings is 2. The second-order valence-corrected chi connectivity index (χ2v) is 7.32. The molecule has 1 aliphatic rings. The highest BCUT2D eigenvalue weighted by molar-refractivity contribution is 7.89. The van der Waals surface area contributed by atoms with Crippen LogP contribution in [0.5, 0.6) is 0 Å². The van der Waals surface area contributed by atoms with Crippen molar-refractivity contribution in [3.8, 4) is 0 Å². The lowest BCUT2D eigenvalue weighted by molar-refractivity contribution is 0.0865. The highest BCUT2D eigenvalue weighted by Crippen LogP contribution is 2.24. The van der Waals surface area contributed by atoms with E-state index in [9.17, 15) is 13.2 Å². The average Bonchev–Trinajstić information content (AvgIpc) is 2.68. The van der Waals surface area contributed by atoms with Gasteiger partial charge in [-0.15, -0.1) is 0 Å². The maximum atomic E-state index is 12.8. The third kappa shape index (κ3) is 2.52. The zero-order valence-corrected chi connectivity index (χ0v) is 13.1. The van der Waals surface area contributed by atoms with Crippen molar-refractivity contribution in [1.29, 1.82) is 0 Å². The molecule has 0 N–H and O–H groups in total. The number of sulfonamides is 1. The SMILES string of the molecule is Cc1ccc(S(=O)(=O)N2CCCc3ccccc3C2=O)cc1. The van der Waals surface area contributed by atoms with Crippen molar-refractivity contribution >= 4 is 15.9 Å². The molecule has 4 nitrogen and oxygen atoms in total. The molecule has 0 bridgehead atoms. The van der Waals surface area contributed by atoms with Gasteiger partial charge in [-0.25, -0.2) is 12.7 Å². The van der Waals surface area contributed by atoms with Gasteiger partial charge < -0.3 is 0 Å². The first-order valence-corrected chi connectivity index (χ1v) is 8.66. The van der Waals surface area contributed by atoms with Crippen LogP contribution in [0.3, 0.4) is 0 Å². The summed E-state index contributed by atoms with van der Waals surface area (Å²) in [4.78, 5) is 12.8. The Morgan fingerprint density at radius 1 is 1.00 bits per heavy atom. The van der Waals surface area contributed by atoms with E-state index in [4.69, 9.17) is 0 Å². The van der Waals surface area contributed by atoms with Crippen LogP contribution in [-0.4, -0.2) is 25.2 Å². The number of rotatable bonds is 2. The van der Waals surface area contributed by atoms with E-state index in [2.05, 4.69) is 0 Å². The van der Waals surface area contributed by atoms with Gasteiger partial charge in [-0.3, -0.25) is 4.79 Å². The molecular weight excluding hydrogens is 298 g/mol. The summed E-state index contributed by atoms with van der Waals surface area (Å²) in [5.74, 6) is -0.436. The molecule has 1 amide bonds. The van der Waals surface area contributed by atoms with Gasteiger partial charge in [-0.1, -0.05) is 35.9 Å². The van der Waals surface area contributed by atoms with Crippen molar-refractivity contribution < 1.29 is 13.2 Å². The van der Waals surface area contributed by atoms with Crippen LogP contribution in [0.25, 0.3) is 0 Å². The molecule has 3 rings (SSSR count). The number of carbonyl (C=O) groups excluding carboxylic acids is 1. The topological polar surface area (TPSA) is 54.5 Å². The quantitative estimate of drug-likeness (QED) is 0.856. The van der Waals surface area contributed by atoms with Crippen molar-refractivity contribution in [1.82, 2.24) is 4.31 Å². The number of hydrogen-bond donors (Lipinski definition) is 0. The second kappa shape index (κ2) is 5.57. The smallest absolute Gasteiger partial charge is 0.267 e. The third-order valence-corrected chi connectivity index (χ3v) is 5.69. The summed E-state index contributed by atoms with van der Waals surface area (Å²) in [6.45, 7) is 2.10. The third-order valence-electron chi connectivity index (χ3n) is 3.89. The number of carbonyl (C=O) groups is 1. The molecule has 5 heteroatoms. The standard InChI is InChI=1S/C17H17NO3S/c1-13-8-10-15(11-9-13)22(20,21)18-12-4-6-14-5-2-3-7-16(14)17(18)19/h2-3,5,7-11H,4,6,12H2,1H3. The van der Waals surface area contributed by atoms with E-state index in [0.717, 1.165) is 15.4 Å². The molecule has 0 aromatic heterocycles. The lowest BCUT2D eigenvalue weighted by Crippen LogP contribution is -2.36. The van der Waals surface area contributed by atoms with Crippen LogP contribution in [0.15, 0.2) is 53.4 Å². The van der Waals surface area contributed by atoms with Gasteiger partial charge in [0, 0.05) is 12.1 Å². The zero-order valence-electron chi connectivity index (χ0n) is 12.3. The van der Waals surface area contributed by atoms with Gasteiger partial charge in [0.2, 0.25) is 0 Å². The van der Waals surface area contributed by atoms with Crippen molar-refractivity contribution in [2.45, 2.75) is 24.7 Å². The van der Waals surface area contributed by atoms with E-state index in [1.165, 1.54) is 0 Å². The molecule has 0 saturated heterocycles. The van der Waals surface area contributed by atoms with E-state index in [1.54, 1.807) is 36.4 Å². The summed E-state index contributed by atoms with van der Waals surface area (Å²) in [6, 6.07) is 13.8. The normalized spacial score (nSPS) is 15.3. The van der Waals surface area contributed by atoms with Gasteiger partial charge >= 0.3 is 0 Å². The van der Waals surface area contributed by atoms with E-state index in [0.29, 0.717) is 18.4 Å². The predicted molar refractivity (Wildman–Crippen MR) is 84.2 cm³/mol. The summed E-state index contributed by atoms with van der Waals surface area (Å²) < 4.78 is 26.6. The van der Waals surface area contributed by atoms with Crippen LogP contribution in [0, 0.1) is 6.92 Å². The lowest BCUT2D eigenvalue weighted by Gasteiger charge is -2.21. The van der Waals surface area contributed by atoms with Gasteiger partial charge in [0.15, 0.2) is 0 Å².